The number of anilines is 2. The van der Waals surface area contributed by atoms with E-state index in [2.05, 4.69) is 41.4 Å². The maximum Gasteiger partial charge on any atom is 0.258 e. The molecule has 0 fully saturated rings. The number of para-hydroxylation sites is 1. The molecule has 1 aromatic heterocycles. The second kappa shape index (κ2) is 8.17. The summed E-state index contributed by atoms with van der Waals surface area (Å²) in [5.74, 6) is -0.138. The van der Waals surface area contributed by atoms with Crippen LogP contribution in [0.4, 0.5) is 16.0 Å². The van der Waals surface area contributed by atoms with Crippen LogP contribution in [0.15, 0.2) is 60.9 Å². The van der Waals surface area contributed by atoms with Crippen LogP contribution in [-0.4, -0.2) is 15.9 Å². The molecule has 0 bridgehead atoms. The molecule has 0 saturated heterocycles. The van der Waals surface area contributed by atoms with Crippen LogP contribution in [0.5, 0.6) is 0 Å². The first-order valence-corrected chi connectivity index (χ1v) is 9.04. The molecule has 144 valence electrons. The highest BCUT2D eigenvalue weighted by Gasteiger charge is 2.19. The van der Waals surface area contributed by atoms with Crippen LogP contribution in [0, 0.1) is 5.82 Å². The Kier molecular flexibility index (Phi) is 5.68. The van der Waals surface area contributed by atoms with Gasteiger partial charge in [-0.2, -0.15) is 0 Å². The van der Waals surface area contributed by atoms with E-state index in [9.17, 15) is 9.18 Å². The largest absolute Gasteiger partial charge is 0.350 e. The fourth-order valence-electron chi connectivity index (χ4n) is 2.76. The Labute approximate surface area is 164 Å². The maximum absolute atomic E-state index is 12.9. The highest BCUT2D eigenvalue weighted by molar-refractivity contribution is 6.04. The molecule has 3 aromatic rings. The summed E-state index contributed by atoms with van der Waals surface area (Å²) in [5.41, 5.74) is 3.02. The van der Waals surface area contributed by atoms with Gasteiger partial charge in [0.1, 0.15) is 5.82 Å². The number of carbonyl (C=O) groups is 1. The zero-order valence-electron chi connectivity index (χ0n) is 16.2. The van der Waals surface area contributed by atoms with E-state index in [1.807, 2.05) is 24.3 Å². The number of carbonyl (C=O) groups excluding carboxylic acids is 1. The molecule has 2 N–H and O–H groups in total. The zero-order valence-corrected chi connectivity index (χ0v) is 16.2. The van der Waals surface area contributed by atoms with Gasteiger partial charge in [-0.3, -0.25) is 4.79 Å². The van der Waals surface area contributed by atoms with Crippen LogP contribution in [-0.2, 0) is 12.0 Å². The van der Waals surface area contributed by atoms with Crippen molar-refractivity contribution in [1.29, 1.82) is 0 Å². The summed E-state index contributed by atoms with van der Waals surface area (Å²) < 4.78 is 12.9. The molecule has 5 nitrogen and oxygen atoms in total. The van der Waals surface area contributed by atoms with Crippen LogP contribution in [0.1, 0.15) is 42.3 Å². The van der Waals surface area contributed by atoms with E-state index in [4.69, 9.17) is 0 Å². The van der Waals surface area contributed by atoms with Crippen LogP contribution in [0.2, 0.25) is 0 Å². The normalized spacial score (nSPS) is 11.1. The molecule has 28 heavy (non-hydrogen) atoms. The van der Waals surface area contributed by atoms with Gasteiger partial charge in [-0.25, -0.2) is 14.4 Å². The summed E-state index contributed by atoms with van der Waals surface area (Å²) in [6, 6.07) is 13.9. The quantitative estimate of drug-likeness (QED) is 0.671. The number of rotatable bonds is 5. The summed E-state index contributed by atoms with van der Waals surface area (Å²) in [7, 11) is 0. The summed E-state index contributed by atoms with van der Waals surface area (Å²) in [4.78, 5) is 20.9. The van der Waals surface area contributed by atoms with Gasteiger partial charge in [0, 0.05) is 24.6 Å². The lowest BCUT2D eigenvalue weighted by Gasteiger charge is -2.22. The highest BCUT2D eigenvalue weighted by atomic mass is 19.1. The number of hydrogen-bond acceptors (Lipinski definition) is 4. The average molecular weight is 378 g/mol. The standard InChI is InChI=1S/C22H23FN4O/c1-22(2,3)18-6-4-5-7-19(18)27-20(28)16-13-25-21(26-14-16)24-12-15-8-10-17(23)11-9-15/h4-11,13-14H,12H2,1-3H3,(H,27,28)(H,24,25,26). The molecule has 2 aromatic carbocycles. The molecule has 0 spiro atoms. The van der Waals surface area contributed by atoms with E-state index in [-0.39, 0.29) is 17.1 Å². The number of nitrogens with zero attached hydrogens (tertiary/aromatic N) is 2. The molecule has 3 rings (SSSR count). The predicted octanol–water partition coefficient (Wildman–Crippen LogP) is 4.78. The van der Waals surface area contributed by atoms with E-state index in [1.54, 1.807) is 12.1 Å². The number of benzene rings is 2. The van der Waals surface area contributed by atoms with Crippen molar-refractivity contribution in [3.63, 3.8) is 0 Å². The van der Waals surface area contributed by atoms with E-state index < -0.39 is 0 Å². The molecule has 0 radical (unpaired) electrons. The van der Waals surface area contributed by atoms with Crippen molar-refractivity contribution >= 4 is 17.5 Å². The summed E-state index contributed by atoms with van der Waals surface area (Å²) in [6.45, 7) is 6.76. The van der Waals surface area contributed by atoms with E-state index in [0.717, 1.165) is 16.8 Å². The minimum Gasteiger partial charge on any atom is -0.350 e. The van der Waals surface area contributed by atoms with Crippen molar-refractivity contribution in [2.45, 2.75) is 32.7 Å². The third kappa shape index (κ3) is 4.91. The predicted molar refractivity (Wildman–Crippen MR) is 109 cm³/mol. The third-order valence-corrected chi connectivity index (χ3v) is 4.26. The van der Waals surface area contributed by atoms with E-state index in [0.29, 0.717) is 18.1 Å². The van der Waals surface area contributed by atoms with Gasteiger partial charge in [-0.15, -0.1) is 0 Å². The van der Waals surface area contributed by atoms with Gasteiger partial charge in [0.05, 0.1) is 5.56 Å². The zero-order chi connectivity index (χ0) is 20.1. The van der Waals surface area contributed by atoms with Gasteiger partial charge < -0.3 is 10.6 Å². The first kappa shape index (κ1) is 19.5. The smallest absolute Gasteiger partial charge is 0.258 e. The SMILES string of the molecule is CC(C)(C)c1ccccc1NC(=O)c1cnc(NCc2ccc(F)cc2)nc1. The van der Waals surface area contributed by atoms with Crippen molar-refractivity contribution in [2.75, 3.05) is 10.6 Å². The van der Waals surface area contributed by atoms with Gasteiger partial charge in [0.15, 0.2) is 0 Å². The Morgan fingerprint density at radius 3 is 2.29 bits per heavy atom. The molecule has 0 aliphatic carbocycles. The molecule has 0 aliphatic rings. The lowest BCUT2D eigenvalue weighted by atomic mass is 9.86. The lowest BCUT2D eigenvalue weighted by Crippen LogP contribution is -2.19. The molecule has 0 unspecified atom stereocenters. The van der Waals surface area contributed by atoms with Gasteiger partial charge >= 0.3 is 0 Å². The number of aromatic nitrogens is 2. The summed E-state index contributed by atoms with van der Waals surface area (Å²) >= 11 is 0. The number of amides is 1. The molecule has 0 saturated carbocycles. The van der Waals surface area contributed by atoms with E-state index in [1.165, 1.54) is 24.5 Å². The van der Waals surface area contributed by atoms with Gasteiger partial charge in [-0.05, 0) is 34.7 Å². The highest BCUT2D eigenvalue weighted by Crippen LogP contribution is 2.29. The van der Waals surface area contributed by atoms with Crippen molar-refractivity contribution < 1.29 is 9.18 Å². The minimum atomic E-state index is -0.275. The molecular formula is C22H23FN4O. The second-order valence-electron chi connectivity index (χ2n) is 7.53. The maximum atomic E-state index is 12.9. The Morgan fingerprint density at radius 2 is 1.64 bits per heavy atom. The lowest BCUT2D eigenvalue weighted by molar-refractivity contribution is 0.102. The molecule has 0 aliphatic heterocycles. The number of halogens is 1. The third-order valence-electron chi connectivity index (χ3n) is 4.26. The average Bonchev–Trinajstić information content (AvgIpc) is 2.67. The monoisotopic (exact) mass is 378 g/mol. The summed E-state index contributed by atoms with van der Waals surface area (Å²) in [5, 5.41) is 5.99. The van der Waals surface area contributed by atoms with Crippen molar-refractivity contribution in [1.82, 2.24) is 9.97 Å². The van der Waals surface area contributed by atoms with Crippen molar-refractivity contribution in [3.8, 4) is 0 Å². The topological polar surface area (TPSA) is 66.9 Å². The Bertz CT molecular complexity index is 948. The van der Waals surface area contributed by atoms with Gasteiger partial charge in [0.25, 0.3) is 5.91 Å². The van der Waals surface area contributed by atoms with Crippen LogP contribution < -0.4 is 10.6 Å². The van der Waals surface area contributed by atoms with Crippen LogP contribution >= 0.6 is 0 Å². The Morgan fingerprint density at radius 1 is 1.00 bits per heavy atom. The van der Waals surface area contributed by atoms with Gasteiger partial charge in [0.2, 0.25) is 5.95 Å². The molecule has 1 heterocycles. The van der Waals surface area contributed by atoms with E-state index >= 15 is 0 Å². The van der Waals surface area contributed by atoms with Crippen LogP contribution in [0.3, 0.4) is 0 Å². The van der Waals surface area contributed by atoms with Crippen LogP contribution in [0.25, 0.3) is 0 Å². The Hall–Kier alpha value is -3.28. The van der Waals surface area contributed by atoms with Gasteiger partial charge in [-0.1, -0.05) is 51.1 Å². The summed E-state index contributed by atoms with van der Waals surface area (Å²) in [6.07, 6.45) is 2.96. The first-order valence-electron chi connectivity index (χ1n) is 9.04. The second-order valence-corrected chi connectivity index (χ2v) is 7.53. The molecule has 0 atom stereocenters. The molecule has 6 heteroatoms. The fourth-order valence-corrected chi connectivity index (χ4v) is 2.76. The van der Waals surface area contributed by atoms with Crippen molar-refractivity contribution in [3.05, 3.63) is 83.4 Å². The molecular weight excluding hydrogens is 355 g/mol. The Balaban J connectivity index is 1.65. The number of hydrogen-bond donors (Lipinski definition) is 2. The minimum absolute atomic E-state index is 0.0888. The van der Waals surface area contributed by atoms with Crippen molar-refractivity contribution in [2.24, 2.45) is 0 Å². The molecule has 1 amide bonds. The number of nitrogens with one attached hydrogen (secondary N) is 2. The first-order chi connectivity index (χ1) is 13.3. The fraction of sp³-hybridized carbons (Fsp3) is 0.227.